The Labute approximate surface area is 169 Å². The SMILES string of the molecule is COC[C@H](C)NC(=O)CN(c1ccc(Cl)c(Cl)c1)S(=O)(=O)c1ccccc1. The average Bonchev–Trinajstić information content (AvgIpc) is 2.63. The van der Waals surface area contributed by atoms with Gasteiger partial charge in [-0.15, -0.1) is 0 Å². The summed E-state index contributed by atoms with van der Waals surface area (Å²) in [7, 11) is -2.47. The maximum Gasteiger partial charge on any atom is 0.264 e. The van der Waals surface area contributed by atoms with Gasteiger partial charge < -0.3 is 10.1 Å². The summed E-state index contributed by atoms with van der Waals surface area (Å²) in [6, 6.07) is 12.0. The van der Waals surface area contributed by atoms with Gasteiger partial charge in [0.15, 0.2) is 0 Å². The molecule has 0 bridgehead atoms. The molecular weight excluding hydrogens is 411 g/mol. The Morgan fingerprint density at radius 1 is 1.15 bits per heavy atom. The van der Waals surface area contributed by atoms with Crippen molar-refractivity contribution in [2.24, 2.45) is 0 Å². The Hall–Kier alpha value is -1.80. The van der Waals surface area contributed by atoms with Crippen molar-refractivity contribution in [1.29, 1.82) is 0 Å². The summed E-state index contributed by atoms with van der Waals surface area (Å²) in [6.45, 7) is 1.66. The second-order valence-corrected chi connectivity index (χ2v) is 8.52. The highest BCUT2D eigenvalue weighted by molar-refractivity contribution is 7.92. The van der Waals surface area contributed by atoms with E-state index in [9.17, 15) is 13.2 Å². The number of nitrogens with zero attached hydrogens (tertiary/aromatic N) is 1. The van der Waals surface area contributed by atoms with Crippen LogP contribution in [0.15, 0.2) is 53.4 Å². The lowest BCUT2D eigenvalue weighted by Crippen LogP contribution is -2.44. The number of anilines is 1. The highest BCUT2D eigenvalue weighted by atomic mass is 35.5. The molecule has 1 amide bonds. The molecular formula is C18H20Cl2N2O4S. The van der Waals surface area contributed by atoms with Gasteiger partial charge >= 0.3 is 0 Å². The summed E-state index contributed by atoms with van der Waals surface area (Å²) in [6.07, 6.45) is 0. The van der Waals surface area contributed by atoms with Crippen LogP contribution < -0.4 is 9.62 Å². The molecule has 27 heavy (non-hydrogen) atoms. The van der Waals surface area contributed by atoms with Crippen LogP contribution in [0.1, 0.15) is 6.92 Å². The predicted octanol–water partition coefficient (Wildman–Crippen LogP) is 3.34. The van der Waals surface area contributed by atoms with E-state index in [2.05, 4.69) is 5.32 Å². The van der Waals surface area contributed by atoms with Crippen molar-refractivity contribution in [2.45, 2.75) is 17.9 Å². The number of nitrogens with one attached hydrogen (secondary N) is 1. The van der Waals surface area contributed by atoms with E-state index in [0.717, 1.165) is 4.31 Å². The Morgan fingerprint density at radius 3 is 2.41 bits per heavy atom. The number of halogens is 2. The van der Waals surface area contributed by atoms with Gasteiger partial charge in [0, 0.05) is 13.2 Å². The van der Waals surface area contributed by atoms with Gasteiger partial charge in [-0.25, -0.2) is 8.42 Å². The van der Waals surface area contributed by atoms with Crippen molar-refractivity contribution >= 4 is 44.8 Å². The molecule has 0 aliphatic heterocycles. The quantitative estimate of drug-likeness (QED) is 0.696. The van der Waals surface area contributed by atoms with E-state index in [1.165, 1.54) is 37.4 Å². The molecule has 0 aliphatic rings. The van der Waals surface area contributed by atoms with Crippen LogP contribution in [-0.2, 0) is 19.6 Å². The van der Waals surface area contributed by atoms with Crippen LogP contribution in [0.4, 0.5) is 5.69 Å². The molecule has 0 aromatic heterocycles. The molecule has 2 aromatic rings. The lowest BCUT2D eigenvalue weighted by atomic mass is 10.3. The summed E-state index contributed by atoms with van der Waals surface area (Å²) in [5, 5.41) is 3.18. The first kappa shape index (κ1) is 21.5. The number of carbonyl (C=O) groups is 1. The molecule has 0 unspecified atom stereocenters. The molecule has 6 nitrogen and oxygen atoms in total. The molecule has 0 radical (unpaired) electrons. The molecule has 2 rings (SSSR count). The number of sulfonamides is 1. The van der Waals surface area contributed by atoms with Gasteiger partial charge in [-0.1, -0.05) is 41.4 Å². The summed E-state index contributed by atoms with van der Waals surface area (Å²) < 4.78 is 32.2. The number of carbonyl (C=O) groups excluding carboxylic acids is 1. The second-order valence-electron chi connectivity index (χ2n) is 5.85. The van der Waals surface area contributed by atoms with Gasteiger partial charge in [0.1, 0.15) is 6.54 Å². The number of hydrogen-bond donors (Lipinski definition) is 1. The number of benzene rings is 2. The summed E-state index contributed by atoms with van der Waals surface area (Å²) in [5.41, 5.74) is 0.239. The third-order valence-electron chi connectivity index (χ3n) is 3.63. The van der Waals surface area contributed by atoms with Crippen LogP contribution >= 0.6 is 23.2 Å². The van der Waals surface area contributed by atoms with Crippen molar-refractivity contribution in [1.82, 2.24) is 5.32 Å². The van der Waals surface area contributed by atoms with Crippen LogP contribution in [0.2, 0.25) is 10.0 Å². The van der Waals surface area contributed by atoms with Crippen LogP contribution in [0.25, 0.3) is 0 Å². The van der Waals surface area contributed by atoms with E-state index in [1.807, 2.05) is 0 Å². The fraction of sp³-hybridized carbons (Fsp3) is 0.278. The smallest absolute Gasteiger partial charge is 0.264 e. The van der Waals surface area contributed by atoms with Crippen LogP contribution in [0.5, 0.6) is 0 Å². The van der Waals surface area contributed by atoms with Gasteiger partial charge in [-0.2, -0.15) is 0 Å². The van der Waals surface area contributed by atoms with Crippen LogP contribution in [0.3, 0.4) is 0 Å². The average molecular weight is 431 g/mol. The lowest BCUT2D eigenvalue weighted by Gasteiger charge is -2.25. The van der Waals surface area contributed by atoms with Crippen molar-refractivity contribution in [3.63, 3.8) is 0 Å². The van der Waals surface area contributed by atoms with Crippen molar-refractivity contribution in [3.05, 3.63) is 58.6 Å². The largest absolute Gasteiger partial charge is 0.383 e. The zero-order valence-electron chi connectivity index (χ0n) is 14.9. The minimum absolute atomic E-state index is 0.0637. The monoisotopic (exact) mass is 430 g/mol. The highest BCUT2D eigenvalue weighted by Gasteiger charge is 2.27. The van der Waals surface area contributed by atoms with Crippen molar-refractivity contribution in [2.75, 3.05) is 24.6 Å². The maximum atomic E-state index is 13.1. The molecule has 1 N–H and O–H groups in total. The highest BCUT2D eigenvalue weighted by Crippen LogP contribution is 2.30. The van der Waals surface area contributed by atoms with Gasteiger partial charge in [0.05, 0.1) is 27.2 Å². The number of methoxy groups -OCH3 is 1. The van der Waals surface area contributed by atoms with E-state index in [1.54, 1.807) is 25.1 Å². The summed E-state index contributed by atoms with van der Waals surface area (Å²) in [5.74, 6) is -0.467. The van der Waals surface area contributed by atoms with Crippen LogP contribution in [-0.4, -0.2) is 40.6 Å². The predicted molar refractivity (Wildman–Crippen MR) is 107 cm³/mol. The number of rotatable bonds is 8. The Bertz CT molecular complexity index is 891. The number of ether oxygens (including phenoxy) is 1. The normalized spacial score (nSPS) is 12.4. The molecule has 0 saturated carbocycles. The third kappa shape index (κ3) is 5.59. The van der Waals surface area contributed by atoms with E-state index in [0.29, 0.717) is 6.61 Å². The van der Waals surface area contributed by atoms with E-state index in [-0.39, 0.29) is 26.7 Å². The first-order valence-corrected chi connectivity index (χ1v) is 10.3. The van der Waals surface area contributed by atoms with Crippen molar-refractivity contribution in [3.8, 4) is 0 Å². The Balaban J connectivity index is 2.40. The minimum Gasteiger partial charge on any atom is -0.383 e. The zero-order chi connectivity index (χ0) is 20.0. The molecule has 0 aliphatic carbocycles. The summed E-state index contributed by atoms with van der Waals surface area (Å²) >= 11 is 12.0. The first-order chi connectivity index (χ1) is 12.8. The van der Waals surface area contributed by atoms with Gasteiger partial charge in [-0.05, 0) is 37.3 Å². The molecule has 0 spiro atoms. The summed E-state index contributed by atoms with van der Waals surface area (Å²) in [4.78, 5) is 12.5. The van der Waals surface area contributed by atoms with Gasteiger partial charge in [-0.3, -0.25) is 9.10 Å². The Morgan fingerprint density at radius 2 is 1.81 bits per heavy atom. The third-order valence-corrected chi connectivity index (χ3v) is 6.16. The lowest BCUT2D eigenvalue weighted by molar-refractivity contribution is -0.120. The first-order valence-electron chi connectivity index (χ1n) is 8.07. The molecule has 9 heteroatoms. The maximum absolute atomic E-state index is 13.1. The second kappa shape index (κ2) is 9.41. The minimum atomic E-state index is -3.99. The topological polar surface area (TPSA) is 75.7 Å². The zero-order valence-corrected chi connectivity index (χ0v) is 17.2. The molecule has 146 valence electrons. The van der Waals surface area contributed by atoms with Gasteiger partial charge in [0.2, 0.25) is 5.91 Å². The standard InChI is InChI=1S/C18H20Cl2N2O4S/c1-13(12-26-2)21-18(23)11-22(14-8-9-16(19)17(20)10-14)27(24,25)15-6-4-3-5-7-15/h3-10,13H,11-12H2,1-2H3,(H,21,23)/t13-/m0/s1. The molecule has 0 heterocycles. The van der Waals surface area contributed by atoms with E-state index in [4.69, 9.17) is 27.9 Å². The van der Waals surface area contributed by atoms with E-state index >= 15 is 0 Å². The molecule has 2 aromatic carbocycles. The molecule has 1 atom stereocenters. The molecule has 0 fully saturated rings. The van der Waals surface area contributed by atoms with Crippen LogP contribution in [0, 0.1) is 0 Å². The fourth-order valence-corrected chi connectivity index (χ4v) is 4.14. The number of amides is 1. The van der Waals surface area contributed by atoms with Crippen molar-refractivity contribution < 1.29 is 17.9 Å². The number of hydrogen-bond acceptors (Lipinski definition) is 4. The van der Waals surface area contributed by atoms with E-state index < -0.39 is 22.5 Å². The van der Waals surface area contributed by atoms with Gasteiger partial charge in [0.25, 0.3) is 10.0 Å². The fourth-order valence-electron chi connectivity index (χ4n) is 2.42. The molecule has 0 saturated heterocycles. The Kier molecular flexibility index (Phi) is 7.49.